The van der Waals surface area contributed by atoms with E-state index in [2.05, 4.69) is 19.2 Å². The molecule has 0 atom stereocenters. The van der Waals surface area contributed by atoms with Gasteiger partial charge in [-0.1, -0.05) is 31.9 Å². The van der Waals surface area contributed by atoms with E-state index in [0.29, 0.717) is 23.0 Å². The Morgan fingerprint density at radius 1 is 1.11 bits per heavy atom. The maximum absolute atomic E-state index is 13.0. The third-order valence-corrected chi connectivity index (χ3v) is 3.12. The van der Waals surface area contributed by atoms with Crippen molar-refractivity contribution < 1.29 is 8.78 Å². The van der Waals surface area contributed by atoms with E-state index in [1.165, 1.54) is 6.07 Å². The second-order valence-corrected chi connectivity index (χ2v) is 5.18. The largest absolute Gasteiger partial charge is 0.315 e. The maximum Gasteiger partial charge on any atom is 0.160 e. The fourth-order valence-corrected chi connectivity index (χ4v) is 2.01. The molecule has 0 saturated heterocycles. The van der Waals surface area contributed by atoms with Crippen LogP contribution in [0.1, 0.15) is 38.7 Å². The highest BCUT2D eigenvalue weighted by Gasteiger charge is 2.07. The number of hydrogen-bond donors (Lipinski definition) is 1. The van der Waals surface area contributed by atoms with Crippen molar-refractivity contribution in [2.24, 2.45) is 0 Å². The smallest absolute Gasteiger partial charge is 0.160 e. The van der Waals surface area contributed by atoms with E-state index in [9.17, 15) is 8.78 Å². The van der Waals surface area contributed by atoms with Gasteiger partial charge in [-0.25, -0.2) is 8.78 Å². The summed E-state index contributed by atoms with van der Waals surface area (Å²) >= 11 is 5.86. The van der Waals surface area contributed by atoms with Gasteiger partial charge in [0.25, 0.3) is 0 Å². The molecular weight excluding hydrogens is 256 g/mol. The lowest BCUT2D eigenvalue weighted by Gasteiger charge is -2.08. The quantitative estimate of drug-likeness (QED) is 0.577. The Balaban J connectivity index is 2.29. The van der Waals surface area contributed by atoms with E-state index in [0.717, 1.165) is 31.9 Å². The number of aryl methyl sites for hydroxylation is 1. The lowest BCUT2D eigenvalue weighted by Crippen LogP contribution is -2.23. The molecule has 0 aliphatic heterocycles. The predicted molar refractivity (Wildman–Crippen MR) is 72.1 cm³/mol. The molecule has 1 N–H and O–H groups in total. The molecule has 0 unspecified atom stereocenters. The molecule has 1 rings (SSSR count). The van der Waals surface area contributed by atoms with E-state index in [1.54, 1.807) is 0 Å². The van der Waals surface area contributed by atoms with Crippen LogP contribution >= 0.6 is 11.6 Å². The van der Waals surface area contributed by atoms with Gasteiger partial charge in [-0.3, -0.25) is 0 Å². The SMILES string of the molecule is CC(C)NCCCCCc1cc(F)c(F)cc1Cl. The third kappa shape index (κ3) is 5.32. The minimum atomic E-state index is -0.884. The summed E-state index contributed by atoms with van der Waals surface area (Å²) in [5.41, 5.74) is 0.687. The summed E-state index contributed by atoms with van der Waals surface area (Å²) in [4.78, 5) is 0. The Bertz CT molecular complexity index is 380. The van der Waals surface area contributed by atoms with Crippen molar-refractivity contribution in [2.45, 2.75) is 45.6 Å². The molecule has 1 nitrogen and oxygen atoms in total. The predicted octanol–water partition coefficient (Wildman–Crippen LogP) is 4.33. The fourth-order valence-electron chi connectivity index (χ4n) is 1.76. The first-order valence-electron chi connectivity index (χ1n) is 6.37. The molecule has 0 aromatic heterocycles. The topological polar surface area (TPSA) is 12.0 Å². The average Bonchev–Trinajstić information content (AvgIpc) is 2.29. The molecule has 0 spiro atoms. The highest BCUT2D eigenvalue weighted by atomic mass is 35.5. The number of halogens is 3. The van der Waals surface area contributed by atoms with Crippen LogP contribution < -0.4 is 5.32 Å². The molecule has 0 saturated carbocycles. The van der Waals surface area contributed by atoms with Gasteiger partial charge in [-0.15, -0.1) is 0 Å². The first-order valence-corrected chi connectivity index (χ1v) is 6.75. The normalized spacial score (nSPS) is 11.2. The van der Waals surface area contributed by atoms with Crippen molar-refractivity contribution in [1.29, 1.82) is 0 Å². The number of nitrogens with one attached hydrogen (secondary N) is 1. The van der Waals surface area contributed by atoms with Crippen LogP contribution in [-0.2, 0) is 6.42 Å². The second kappa shape index (κ2) is 7.70. The Kier molecular flexibility index (Phi) is 6.58. The first-order chi connectivity index (χ1) is 8.50. The molecular formula is C14H20ClF2N. The molecule has 1 aromatic rings. The molecule has 18 heavy (non-hydrogen) atoms. The van der Waals surface area contributed by atoms with Crippen molar-refractivity contribution >= 4 is 11.6 Å². The van der Waals surface area contributed by atoms with Gasteiger partial charge in [0.1, 0.15) is 0 Å². The van der Waals surface area contributed by atoms with E-state index in [-0.39, 0.29) is 0 Å². The summed E-state index contributed by atoms with van der Waals surface area (Å²) < 4.78 is 25.9. The zero-order valence-corrected chi connectivity index (χ0v) is 11.7. The highest BCUT2D eigenvalue weighted by Crippen LogP contribution is 2.21. The minimum absolute atomic E-state index is 0.314. The summed E-state index contributed by atoms with van der Waals surface area (Å²) in [5, 5.41) is 3.65. The van der Waals surface area contributed by atoms with Crippen molar-refractivity contribution in [3.8, 4) is 0 Å². The van der Waals surface area contributed by atoms with Crippen molar-refractivity contribution in [1.82, 2.24) is 5.32 Å². The molecule has 1 aromatic carbocycles. The van der Waals surface area contributed by atoms with Crippen LogP contribution in [0, 0.1) is 11.6 Å². The Hall–Kier alpha value is -0.670. The first kappa shape index (κ1) is 15.4. The fraction of sp³-hybridized carbons (Fsp3) is 0.571. The van der Waals surface area contributed by atoms with Gasteiger partial charge < -0.3 is 5.32 Å². The zero-order valence-electron chi connectivity index (χ0n) is 10.9. The van der Waals surface area contributed by atoms with E-state index < -0.39 is 11.6 Å². The highest BCUT2D eigenvalue weighted by molar-refractivity contribution is 6.31. The van der Waals surface area contributed by atoms with Crippen molar-refractivity contribution in [2.75, 3.05) is 6.54 Å². The van der Waals surface area contributed by atoms with Crippen LogP contribution in [0.2, 0.25) is 5.02 Å². The van der Waals surface area contributed by atoms with Crippen molar-refractivity contribution in [3.05, 3.63) is 34.4 Å². The second-order valence-electron chi connectivity index (χ2n) is 4.78. The van der Waals surface area contributed by atoms with E-state index in [1.807, 2.05) is 0 Å². The van der Waals surface area contributed by atoms with Crippen molar-refractivity contribution in [3.63, 3.8) is 0 Å². The zero-order chi connectivity index (χ0) is 13.5. The van der Waals surface area contributed by atoms with Gasteiger partial charge in [0.05, 0.1) is 0 Å². The van der Waals surface area contributed by atoms with Crippen LogP contribution in [0.3, 0.4) is 0 Å². The molecule has 0 amide bonds. The van der Waals surface area contributed by atoms with Gasteiger partial charge >= 0.3 is 0 Å². The number of benzene rings is 1. The van der Waals surface area contributed by atoms with Crippen LogP contribution in [0.15, 0.2) is 12.1 Å². The number of rotatable bonds is 7. The van der Waals surface area contributed by atoms with Gasteiger partial charge in [0.2, 0.25) is 0 Å². The average molecular weight is 276 g/mol. The molecule has 0 aliphatic rings. The summed E-state index contributed by atoms with van der Waals surface area (Å²) in [6, 6.07) is 2.75. The standard InChI is InChI=1S/C14H20ClF2N/c1-10(2)18-7-5-3-4-6-11-8-13(16)14(17)9-12(11)15/h8-10,18H,3-7H2,1-2H3. The Morgan fingerprint density at radius 2 is 1.78 bits per heavy atom. The minimum Gasteiger partial charge on any atom is -0.315 e. The Labute approximate surface area is 113 Å². The lowest BCUT2D eigenvalue weighted by atomic mass is 10.1. The van der Waals surface area contributed by atoms with Gasteiger partial charge in [-0.2, -0.15) is 0 Å². The summed E-state index contributed by atoms with van der Waals surface area (Å²) in [5.74, 6) is -1.71. The van der Waals surface area contributed by atoms with Crippen LogP contribution in [0.4, 0.5) is 8.78 Å². The summed E-state index contributed by atoms with van der Waals surface area (Å²) in [6.45, 7) is 5.21. The molecule has 0 radical (unpaired) electrons. The molecule has 102 valence electrons. The monoisotopic (exact) mass is 275 g/mol. The van der Waals surface area contributed by atoms with Gasteiger partial charge in [0, 0.05) is 11.1 Å². The maximum atomic E-state index is 13.0. The summed E-state index contributed by atoms with van der Waals surface area (Å²) in [6.07, 6.45) is 3.76. The summed E-state index contributed by atoms with van der Waals surface area (Å²) in [7, 11) is 0. The molecule has 0 aliphatic carbocycles. The van der Waals surface area contributed by atoms with Gasteiger partial charge in [-0.05, 0) is 43.5 Å². The number of hydrogen-bond acceptors (Lipinski definition) is 1. The van der Waals surface area contributed by atoms with E-state index in [4.69, 9.17) is 11.6 Å². The van der Waals surface area contributed by atoms with Gasteiger partial charge in [0.15, 0.2) is 11.6 Å². The van der Waals surface area contributed by atoms with Crippen LogP contribution in [-0.4, -0.2) is 12.6 Å². The lowest BCUT2D eigenvalue weighted by molar-refractivity contribution is 0.506. The number of unbranched alkanes of at least 4 members (excludes halogenated alkanes) is 2. The van der Waals surface area contributed by atoms with Crippen LogP contribution in [0.5, 0.6) is 0 Å². The molecule has 0 heterocycles. The molecule has 0 bridgehead atoms. The Morgan fingerprint density at radius 3 is 2.44 bits per heavy atom. The third-order valence-electron chi connectivity index (χ3n) is 2.76. The molecule has 4 heteroatoms. The van der Waals surface area contributed by atoms with Crippen LogP contribution in [0.25, 0.3) is 0 Å². The molecule has 0 fully saturated rings. The van der Waals surface area contributed by atoms with E-state index >= 15 is 0 Å².